The molecule has 4 nitrogen and oxygen atoms in total. The van der Waals surface area contributed by atoms with Crippen molar-refractivity contribution >= 4 is 0 Å². The van der Waals surface area contributed by atoms with Crippen molar-refractivity contribution in [2.24, 2.45) is 12.8 Å². The second-order valence-electron chi connectivity index (χ2n) is 4.78. The molecule has 0 radical (unpaired) electrons. The van der Waals surface area contributed by atoms with Gasteiger partial charge in [0.25, 0.3) is 0 Å². The van der Waals surface area contributed by atoms with Crippen LogP contribution in [0.15, 0.2) is 18.2 Å². The van der Waals surface area contributed by atoms with E-state index in [1.807, 2.05) is 13.0 Å². The predicted molar refractivity (Wildman–Crippen MR) is 71.8 cm³/mol. The van der Waals surface area contributed by atoms with Gasteiger partial charge in [0.15, 0.2) is 0 Å². The first-order valence-electron chi connectivity index (χ1n) is 6.12. The zero-order chi connectivity index (χ0) is 14.2. The lowest BCUT2D eigenvalue weighted by molar-refractivity contribution is 0.421. The van der Waals surface area contributed by atoms with Gasteiger partial charge < -0.3 is 10.5 Å². The minimum absolute atomic E-state index is 0.277. The molecule has 0 fully saturated rings. The van der Waals surface area contributed by atoms with E-state index < -0.39 is 0 Å². The van der Waals surface area contributed by atoms with E-state index >= 15 is 0 Å². The number of nitrogens with two attached hydrogens (primary N) is 1. The summed E-state index contributed by atoms with van der Waals surface area (Å²) in [5.41, 5.74) is 7.89. The van der Waals surface area contributed by atoms with Crippen LogP contribution < -0.4 is 10.5 Å². The molecule has 2 N–H and O–H groups in total. The van der Waals surface area contributed by atoms with Crippen molar-refractivity contribution < 1.29 is 9.13 Å². The third-order valence-electron chi connectivity index (χ3n) is 2.96. The molecule has 0 saturated heterocycles. The molecule has 0 bridgehead atoms. The summed E-state index contributed by atoms with van der Waals surface area (Å²) in [6, 6.07) is 4.61. The lowest BCUT2D eigenvalue weighted by Crippen LogP contribution is -2.08. The van der Waals surface area contributed by atoms with E-state index in [-0.39, 0.29) is 11.9 Å². The Kier molecular flexibility index (Phi) is 3.57. The molecule has 0 aliphatic heterocycles. The van der Waals surface area contributed by atoms with Crippen molar-refractivity contribution in [3.8, 4) is 11.6 Å². The number of hydrogen-bond donors (Lipinski definition) is 1. The van der Waals surface area contributed by atoms with Gasteiger partial charge in [-0.25, -0.2) is 9.07 Å². The van der Waals surface area contributed by atoms with Gasteiger partial charge in [0.2, 0.25) is 5.88 Å². The molecule has 1 atom stereocenters. The summed E-state index contributed by atoms with van der Waals surface area (Å²) in [6.07, 6.45) is 0. The van der Waals surface area contributed by atoms with Gasteiger partial charge in [0.1, 0.15) is 11.6 Å². The highest BCUT2D eigenvalue weighted by Gasteiger charge is 2.14. The zero-order valence-electron chi connectivity index (χ0n) is 11.6. The number of benzene rings is 1. The molecular weight excluding hydrogens is 245 g/mol. The number of aryl methyl sites for hydroxylation is 3. The van der Waals surface area contributed by atoms with E-state index in [4.69, 9.17) is 10.5 Å². The molecule has 1 aromatic heterocycles. The number of ether oxygens (including phenoxy) is 1. The summed E-state index contributed by atoms with van der Waals surface area (Å²) in [7, 11) is 1.80. The van der Waals surface area contributed by atoms with E-state index in [1.54, 1.807) is 31.6 Å². The lowest BCUT2D eigenvalue weighted by atomic mass is 10.1. The van der Waals surface area contributed by atoms with Crippen LogP contribution in [0.4, 0.5) is 4.39 Å². The van der Waals surface area contributed by atoms with E-state index in [2.05, 4.69) is 5.10 Å². The van der Waals surface area contributed by atoms with Gasteiger partial charge in [-0.15, -0.1) is 0 Å². The Labute approximate surface area is 112 Å². The molecule has 0 spiro atoms. The second-order valence-corrected chi connectivity index (χ2v) is 4.78. The van der Waals surface area contributed by atoms with Crippen molar-refractivity contribution in [1.29, 1.82) is 0 Å². The molecule has 1 heterocycles. The molecule has 19 heavy (non-hydrogen) atoms. The van der Waals surface area contributed by atoms with E-state index in [0.29, 0.717) is 22.8 Å². The molecule has 1 aromatic carbocycles. The van der Waals surface area contributed by atoms with Crippen molar-refractivity contribution in [2.75, 3.05) is 0 Å². The van der Waals surface area contributed by atoms with Crippen LogP contribution in [-0.4, -0.2) is 9.78 Å². The van der Waals surface area contributed by atoms with Crippen LogP contribution in [0.5, 0.6) is 11.6 Å². The first-order chi connectivity index (χ1) is 8.88. The van der Waals surface area contributed by atoms with E-state index in [9.17, 15) is 4.39 Å². The van der Waals surface area contributed by atoms with Crippen molar-refractivity contribution in [3.05, 3.63) is 40.8 Å². The van der Waals surface area contributed by atoms with E-state index in [1.165, 1.54) is 6.07 Å². The van der Waals surface area contributed by atoms with Gasteiger partial charge >= 0.3 is 0 Å². The fourth-order valence-electron chi connectivity index (χ4n) is 1.91. The zero-order valence-corrected chi connectivity index (χ0v) is 11.6. The third kappa shape index (κ3) is 2.76. The fraction of sp³-hybridized carbons (Fsp3) is 0.357. The van der Waals surface area contributed by atoms with Gasteiger partial charge in [0, 0.05) is 24.7 Å². The SMILES string of the molecule is Cc1cc(Oc2cc(C)c(F)cc2[C@H](C)N)n(C)n1. The maximum Gasteiger partial charge on any atom is 0.217 e. The van der Waals surface area contributed by atoms with Crippen LogP contribution in [0.2, 0.25) is 0 Å². The monoisotopic (exact) mass is 263 g/mol. The summed E-state index contributed by atoms with van der Waals surface area (Å²) >= 11 is 0. The Balaban J connectivity index is 2.44. The molecule has 2 rings (SSSR count). The Morgan fingerprint density at radius 3 is 2.53 bits per heavy atom. The Morgan fingerprint density at radius 2 is 2.00 bits per heavy atom. The number of rotatable bonds is 3. The summed E-state index contributed by atoms with van der Waals surface area (Å²) in [4.78, 5) is 0. The second kappa shape index (κ2) is 5.01. The van der Waals surface area contributed by atoms with Crippen LogP contribution in [0.25, 0.3) is 0 Å². The number of halogens is 1. The quantitative estimate of drug-likeness (QED) is 0.926. The Hall–Kier alpha value is -1.88. The fourth-order valence-corrected chi connectivity index (χ4v) is 1.91. The lowest BCUT2D eigenvalue weighted by Gasteiger charge is -2.15. The molecule has 5 heteroatoms. The first kappa shape index (κ1) is 13.5. The average molecular weight is 263 g/mol. The highest BCUT2D eigenvalue weighted by Crippen LogP contribution is 2.31. The van der Waals surface area contributed by atoms with Crippen LogP contribution in [0.3, 0.4) is 0 Å². The van der Waals surface area contributed by atoms with Gasteiger partial charge in [-0.05, 0) is 38.5 Å². The van der Waals surface area contributed by atoms with Gasteiger partial charge in [-0.3, -0.25) is 0 Å². The molecular formula is C14H18FN3O. The predicted octanol–water partition coefficient (Wildman–Crippen LogP) is 2.99. The largest absolute Gasteiger partial charge is 0.439 e. The molecule has 2 aromatic rings. The highest BCUT2D eigenvalue weighted by molar-refractivity contribution is 5.42. The topological polar surface area (TPSA) is 53.1 Å². The number of aromatic nitrogens is 2. The third-order valence-corrected chi connectivity index (χ3v) is 2.96. The highest BCUT2D eigenvalue weighted by atomic mass is 19.1. The summed E-state index contributed by atoms with van der Waals surface area (Å²) in [5, 5.41) is 4.21. The maximum absolute atomic E-state index is 13.6. The van der Waals surface area contributed by atoms with Crippen LogP contribution >= 0.6 is 0 Å². The van der Waals surface area contributed by atoms with Crippen LogP contribution in [-0.2, 0) is 7.05 Å². The van der Waals surface area contributed by atoms with Gasteiger partial charge in [-0.1, -0.05) is 0 Å². The van der Waals surface area contributed by atoms with E-state index in [0.717, 1.165) is 5.69 Å². The van der Waals surface area contributed by atoms with Gasteiger partial charge in [0.05, 0.1) is 5.69 Å². The van der Waals surface area contributed by atoms with Gasteiger partial charge in [-0.2, -0.15) is 5.10 Å². The summed E-state index contributed by atoms with van der Waals surface area (Å²) in [5.74, 6) is 0.892. The van der Waals surface area contributed by atoms with Crippen molar-refractivity contribution in [2.45, 2.75) is 26.8 Å². The van der Waals surface area contributed by atoms with Crippen LogP contribution in [0, 0.1) is 19.7 Å². The van der Waals surface area contributed by atoms with Crippen molar-refractivity contribution in [3.63, 3.8) is 0 Å². The molecule has 0 amide bonds. The molecule has 0 aliphatic rings. The average Bonchev–Trinajstić information content (AvgIpc) is 2.62. The smallest absolute Gasteiger partial charge is 0.217 e. The first-order valence-corrected chi connectivity index (χ1v) is 6.12. The molecule has 102 valence electrons. The summed E-state index contributed by atoms with van der Waals surface area (Å²) in [6.45, 7) is 5.38. The molecule has 0 unspecified atom stereocenters. The summed E-state index contributed by atoms with van der Waals surface area (Å²) < 4.78 is 21.1. The normalized spacial score (nSPS) is 12.5. The minimum atomic E-state index is -0.306. The standard InChI is InChI=1S/C14H18FN3O/c1-8-5-13(11(10(3)16)7-12(8)15)19-14-6-9(2)17-18(14)4/h5-7,10H,16H2,1-4H3/t10-/m0/s1. The maximum atomic E-state index is 13.6. The molecule has 0 aliphatic carbocycles. The Bertz CT molecular complexity index is 605. The number of hydrogen-bond acceptors (Lipinski definition) is 3. The molecule has 0 saturated carbocycles. The number of nitrogens with zero attached hydrogens (tertiary/aromatic N) is 2. The van der Waals surface area contributed by atoms with Crippen LogP contribution in [0.1, 0.15) is 29.8 Å². The minimum Gasteiger partial charge on any atom is -0.439 e. The van der Waals surface area contributed by atoms with Crippen molar-refractivity contribution in [1.82, 2.24) is 9.78 Å². The Morgan fingerprint density at radius 1 is 1.32 bits per heavy atom.